The molecule has 2 saturated heterocycles. The monoisotopic (exact) mass is 395 g/mol. The van der Waals surface area contributed by atoms with Crippen LogP contribution in [0.25, 0.3) is 10.9 Å². The van der Waals surface area contributed by atoms with E-state index >= 15 is 0 Å². The normalized spacial score (nSPS) is 26.0. The summed E-state index contributed by atoms with van der Waals surface area (Å²) in [5.41, 5.74) is -1.20. The molecule has 10 heteroatoms. The zero-order valence-corrected chi connectivity index (χ0v) is 15.9. The van der Waals surface area contributed by atoms with E-state index in [9.17, 15) is 23.1 Å². The third kappa shape index (κ3) is 2.51. The smallest absolute Gasteiger partial charge is 0.330 e. The second kappa shape index (κ2) is 5.99. The number of hydrogen-bond donors (Lipinski definition) is 1. The zero-order chi connectivity index (χ0) is 19.6. The highest BCUT2D eigenvalue weighted by Crippen LogP contribution is 2.42. The lowest BCUT2D eigenvalue weighted by molar-refractivity contribution is 0.0905. The molecule has 0 aliphatic carbocycles. The van der Waals surface area contributed by atoms with Crippen molar-refractivity contribution in [3.63, 3.8) is 0 Å². The van der Waals surface area contributed by atoms with Crippen molar-refractivity contribution in [2.75, 3.05) is 32.9 Å². The van der Waals surface area contributed by atoms with Gasteiger partial charge in [0.25, 0.3) is 5.56 Å². The molecular weight excluding hydrogens is 374 g/mol. The fourth-order valence-electron chi connectivity index (χ4n) is 4.07. The number of aliphatic hydroxyl groups is 1. The van der Waals surface area contributed by atoms with Crippen LogP contribution in [0.3, 0.4) is 0 Å². The molecule has 0 saturated carbocycles. The lowest BCUT2D eigenvalue weighted by Gasteiger charge is -2.24. The Hall–Kier alpha value is -2.01. The maximum atomic E-state index is 13.1. The first kappa shape index (κ1) is 18.4. The van der Waals surface area contributed by atoms with Gasteiger partial charge in [-0.3, -0.25) is 13.9 Å². The number of fused-ring (bicyclic) bond motifs is 2. The SMILES string of the molecule is Cn1c(=O)c2cc(S(=O)(=O)N3C[C@H]4COC[C@@]4(CO)C3)ccc2n(C)c1=O. The maximum Gasteiger partial charge on any atom is 0.330 e. The van der Waals surface area contributed by atoms with Crippen molar-refractivity contribution >= 4 is 20.9 Å². The minimum atomic E-state index is -3.84. The first-order valence-corrected chi connectivity index (χ1v) is 10.0. The second-order valence-corrected chi connectivity index (χ2v) is 9.35. The maximum absolute atomic E-state index is 13.1. The minimum absolute atomic E-state index is 0.000249. The van der Waals surface area contributed by atoms with Crippen molar-refractivity contribution in [2.24, 2.45) is 25.4 Å². The largest absolute Gasteiger partial charge is 0.396 e. The van der Waals surface area contributed by atoms with E-state index < -0.39 is 26.7 Å². The topological polar surface area (TPSA) is 111 Å². The van der Waals surface area contributed by atoms with E-state index in [1.165, 1.54) is 41.2 Å². The number of hydrogen-bond acceptors (Lipinski definition) is 6. The molecule has 146 valence electrons. The van der Waals surface area contributed by atoms with Crippen LogP contribution in [-0.2, 0) is 28.9 Å². The molecule has 9 nitrogen and oxygen atoms in total. The van der Waals surface area contributed by atoms with Crippen LogP contribution < -0.4 is 11.2 Å². The summed E-state index contributed by atoms with van der Waals surface area (Å²) in [6.45, 7) is 1.07. The second-order valence-electron chi connectivity index (χ2n) is 7.41. The third-order valence-corrected chi connectivity index (χ3v) is 7.69. The lowest BCUT2D eigenvalue weighted by atomic mass is 9.82. The van der Waals surface area contributed by atoms with Gasteiger partial charge in [-0.25, -0.2) is 13.2 Å². The van der Waals surface area contributed by atoms with E-state index in [0.717, 1.165) is 4.57 Å². The quantitative estimate of drug-likeness (QED) is 0.704. The molecule has 1 N–H and O–H groups in total. The number of aryl methyl sites for hydroxylation is 1. The van der Waals surface area contributed by atoms with Gasteiger partial charge >= 0.3 is 5.69 Å². The van der Waals surface area contributed by atoms with Gasteiger partial charge in [-0.1, -0.05) is 0 Å². The van der Waals surface area contributed by atoms with E-state index in [4.69, 9.17) is 4.74 Å². The van der Waals surface area contributed by atoms with Crippen LogP contribution in [0.1, 0.15) is 0 Å². The fraction of sp³-hybridized carbons (Fsp3) is 0.529. The van der Waals surface area contributed by atoms with Crippen molar-refractivity contribution in [3.05, 3.63) is 39.0 Å². The van der Waals surface area contributed by atoms with Gasteiger partial charge in [-0.2, -0.15) is 4.31 Å². The molecule has 3 heterocycles. The molecule has 2 aliphatic heterocycles. The van der Waals surface area contributed by atoms with Gasteiger partial charge in [-0.05, 0) is 18.2 Å². The number of aromatic nitrogens is 2. The Kier molecular flexibility index (Phi) is 4.08. The van der Waals surface area contributed by atoms with E-state index in [2.05, 4.69) is 0 Å². The van der Waals surface area contributed by atoms with Crippen LogP contribution in [0.4, 0.5) is 0 Å². The summed E-state index contributed by atoms with van der Waals surface area (Å²) in [5, 5.41) is 9.93. The average Bonchev–Trinajstić information content (AvgIpc) is 3.22. The van der Waals surface area contributed by atoms with Crippen LogP contribution in [0.2, 0.25) is 0 Å². The molecule has 0 amide bonds. The Morgan fingerprint density at radius 2 is 2.00 bits per heavy atom. The van der Waals surface area contributed by atoms with Crippen LogP contribution in [0.5, 0.6) is 0 Å². The molecule has 2 atom stereocenters. The summed E-state index contributed by atoms with van der Waals surface area (Å²) in [4.78, 5) is 24.5. The number of ether oxygens (including phenoxy) is 1. The Labute approximate surface area is 155 Å². The molecule has 1 aromatic carbocycles. The Balaban J connectivity index is 1.80. The van der Waals surface area contributed by atoms with Crippen molar-refractivity contribution in [1.29, 1.82) is 0 Å². The molecule has 0 spiro atoms. The number of aliphatic hydroxyl groups excluding tert-OH is 1. The highest BCUT2D eigenvalue weighted by Gasteiger charge is 2.53. The van der Waals surface area contributed by atoms with Gasteiger partial charge in [0, 0.05) is 38.5 Å². The number of benzene rings is 1. The average molecular weight is 395 g/mol. The highest BCUT2D eigenvalue weighted by molar-refractivity contribution is 7.89. The predicted molar refractivity (Wildman–Crippen MR) is 97.0 cm³/mol. The van der Waals surface area contributed by atoms with Gasteiger partial charge in [0.1, 0.15) is 0 Å². The molecule has 4 rings (SSSR count). The summed E-state index contributed by atoms with van der Waals surface area (Å²) in [5.74, 6) is -0.0496. The third-order valence-electron chi connectivity index (χ3n) is 5.88. The van der Waals surface area contributed by atoms with E-state index in [1.807, 2.05) is 0 Å². The first-order valence-electron chi connectivity index (χ1n) is 8.60. The Morgan fingerprint density at radius 1 is 1.26 bits per heavy atom. The van der Waals surface area contributed by atoms with Crippen LogP contribution in [0, 0.1) is 11.3 Å². The summed E-state index contributed by atoms with van der Waals surface area (Å²) in [7, 11) is -0.950. The van der Waals surface area contributed by atoms with Gasteiger partial charge < -0.3 is 9.84 Å². The lowest BCUT2D eigenvalue weighted by Crippen LogP contribution is -2.37. The molecule has 2 aromatic rings. The molecular formula is C17H21N3O6S. The zero-order valence-electron chi connectivity index (χ0n) is 15.1. The molecule has 0 radical (unpaired) electrons. The van der Waals surface area contributed by atoms with Crippen LogP contribution in [-0.4, -0.2) is 59.9 Å². The van der Waals surface area contributed by atoms with Crippen molar-refractivity contribution in [2.45, 2.75) is 4.90 Å². The Bertz CT molecular complexity index is 1150. The van der Waals surface area contributed by atoms with Crippen molar-refractivity contribution in [1.82, 2.24) is 13.4 Å². The standard InChI is InChI=1S/C17H21N3O6S/c1-18-14-4-3-12(5-13(14)15(22)19(2)16(18)23)27(24,25)20-6-11-7-26-10-17(11,8-20)9-21/h3-5,11,21H,6-10H2,1-2H3/t11-,17-/m0/s1. The molecule has 27 heavy (non-hydrogen) atoms. The van der Waals surface area contributed by atoms with Gasteiger partial charge in [0.05, 0.1) is 35.6 Å². The number of rotatable bonds is 3. The highest BCUT2D eigenvalue weighted by atomic mass is 32.2. The van der Waals surface area contributed by atoms with Crippen molar-refractivity contribution < 1.29 is 18.3 Å². The van der Waals surface area contributed by atoms with Crippen LogP contribution >= 0.6 is 0 Å². The predicted octanol–water partition coefficient (Wildman–Crippen LogP) is -1.13. The van der Waals surface area contributed by atoms with E-state index in [-0.39, 0.29) is 35.9 Å². The summed E-state index contributed by atoms with van der Waals surface area (Å²) < 4.78 is 35.3. The minimum Gasteiger partial charge on any atom is -0.396 e. The van der Waals surface area contributed by atoms with E-state index in [1.54, 1.807) is 0 Å². The number of sulfonamides is 1. The fourth-order valence-corrected chi connectivity index (χ4v) is 5.68. The van der Waals surface area contributed by atoms with Crippen LogP contribution in [0.15, 0.2) is 32.7 Å². The van der Waals surface area contributed by atoms with Crippen molar-refractivity contribution in [3.8, 4) is 0 Å². The summed E-state index contributed by atoms with van der Waals surface area (Å²) in [6.07, 6.45) is 0. The molecule has 2 fully saturated rings. The van der Waals surface area contributed by atoms with Gasteiger partial charge in [-0.15, -0.1) is 0 Å². The van der Waals surface area contributed by atoms with Gasteiger partial charge in [0.15, 0.2) is 0 Å². The summed E-state index contributed by atoms with van der Waals surface area (Å²) in [6, 6.07) is 4.21. The molecule has 0 bridgehead atoms. The Morgan fingerprint density at radius 3 is 2.67 bits per heavy atom. The molecule has 1 aromatic heterocycles. The van der Waals surface area contributed by atoms with E-state index in [0.29, 0.717) is 18.7 Å². The molecule has 0 unspecified atom stereocenters. The first-order chi connectivity index (χ1) is 12.7. The number of nitrogens with zero attached hydrogens (tertiary/aromatic N) is 3. The summed E-state index contributed by atoms with van der Waals surface area (Å²) >= 11 is 0. The molecule has 2 aliphatic rings. The van der Waals surface area contributed by atoms with Gasteiger partial charge in [0.2, 0.25) is 10.0 Å².